The van der Waals surface area contributed by atoms with Gasteiger partial charge in [0.25, 0.3) is 0 Å². The summed E-state index contributed by atoms with van der Waals surface area (Å²) in [4.78, 5) is 4.33. The van der Waals surface area contributed by atoms with Crippen LogP contribution in [0.25, 0.3) is 0 Å². The number of nitrogens with zero attached hydrogens (tertiary/aromatic N) is 1. The first-order valence-electron chi connectivity index (χ1n) is 3.46. The van der Waals surface area contributed by atoms with Crippen LogP contribution in [0, 0.1) is 0 Å². The van der Waals surface area contributed by atoms with Gasteiger partial charge >= 0.3 is 0 Å². The minimum Gasteiger partial charge on any atom is -0.260 e. The molecule has 1 aliphatic carbocycles. The number of hydrogen-bond donors (Lipinski definition) is 0. The Balaban J connectivity index is 2.51. The highest BCUT2D eigenvalue weighted by Crippen LogP contribution is 2.35. The number of fused-ring (bicyclic) bond motifs is 1. The monoisotopic (exact) mass is 245 g/mol. The van der Waals surface area contributed by atoms with Gasteiger partial charge in [-0.15, -0.1) is 0 Å². The molecule has 1 aromatic rings. The number of rotatable bonds is 0. The summed E-state index contributed by atoms with van der Waals surface area (Å²) >= 11 is 2.46. The van der Waals surface area contributed by atoms with Gasteiger partial charge in [0, 0.05) is 6.20 Å². The van der Waals surface area contributed by atoms with E-state index in [1.807, 2.05) is 12.3 Å². The lowest BCUT2D eigenvalue weighted by Gasteiger charge is -1.98. The molecule has 0 radical (unpaired) electrons. The second kappa shape index (κ2) is 2.49. The Morgan fingerprint density at radius 3 is 3.30 bits per heavy atom. The predicted molar refractivity (Wildman–Crippen MR) is 49.3 cm³/mol. The number of alkyl halides is 1. The topological polar surface area (TPSA) is 12.9 Å². The molecule has 0 saturated heterocycles. The van der Waals surface area contributed by atoms with Crippen LogP contribution in [0.3, 0.4) is 0 Å². The lowest BCUT2D eigenvalue weighted by atomic mass is 10.2. The SMILES string of the molecule is I[C@@H]1CCc2cccnc21. The highest BCUT2D eigenvalue weighted by atomic mass is 127. The molecule has 10 heavy (non-hydrogen) atoms. The van der Waals surface area contributed by atoms with Crippen molar-refractivity contribution in [3.63, 3.8) is 0 Å². The van der Waals surface area contributed by atoms with Crippen LogP contribution in [0.2, 0.25) is 0 Å². The Morgan fingerprint density at radius 1 is 1.60 bits per heavy atom. The molecule has 0 aliphatic heterocycles. The second-order valence-corrected chi connectivity index (χ2v) is 4.06. The van der Waals surface area contributed by atoms with Crippen molar-refractivity contribution >= 4 is 22.6 Å². The molecule has 1 aliphatic rings. The van der Waals surface area contributed by atoms with Gasteiger partial charge in [-0.3, -0.25) is 4.98 Å². The summed E-state index contributed by atoms with van der Waals surface area (Å²) in [5.74, 6) is 0. The Bertz CT molecular complexity index is 247. The van der Waals surface area contributed by atoms with Gasteiger partial charge < -0.3 is 0 Å². The molecule has 2 rings (SSSR count). The average molecular weight is 245 g/mol. The van der Waals surface area contributed by atoms with Gasteiger partial charge in [0.2, 0.25) is 0 Å². The predicted octanol–water partition coefficient (Wildman–Crippen LogP) is 2.50. The molecule has 0 bridgehead atoms. The average Bonchev–Trinajstić information content (AvgIpc) is 2.34. The zero-order valence-corrected chi connectivity index (χ0v) is 7.71. The minimum atomic E-state index is 0.661. The van der Waals surface area contributed by atoms with Crippen LogP contribution in [-0.2, 0) is 6.42 Å². The van der Waals surface area contributed by atoms with Crippen molar-refractivity contribution in [1.82, 2.24) is 4.98 Å². The third kappa shape index (κ3) is 0.944. The molecule has 0 amide bonds. The fraction of sp³-hybridized carbons (Fsp3) is 0.375. The minimum absolute atomic E-state index is 0.661. The van der Waals surface area contributed by atoms with Crippen molar-refractivity contribution < 1.29 is 0 Å². The van der Waals surface area contributed by atoms with Crippen LogP contribution < -0.4 is 0 Å². The smallest absolute Gasteiger partial charge is 0.0564 e. The molecule has 0 fully saturated rings. The van der Waals surface area contributed by atoms with Gasteiger partial charge in [-0.1, -0.05) is 28.7 Å². The van der Waals surface area contributed by atoms with Crippen molar-refractivity contribution in [3.8, 4) is 0 Å². The van der Waals surface area contributed by atoms with E-state index in [1.54, 1.807) is 0 Å². The van der Waals surface area contributed by atoms with E-state index in [-0.39, 0.29) is 0 Å². The van der Waals surface area contributed by atoms with Crippen molar-refractivity contribution in [2.75, 3.05) is 0 Å². The maximum atomic E-state index is 4.33. The molecule has 0 spiro atoms. The first-order chi connectivity index (χ1) is 4.88. The maximum Gasteiger partial charge on any atom is 0.0564 e. The summed E-state index contributed by atoms with van der Waals surface area (Å²) in [6.45, 7) is 0. The summed E-state index contributed by atoms with van der Waals surface area (Å²) in [7, 11) is 0. The van der Waals surface area contributed by atoms with Crippen LogP contribution in [0.15, 0.2) is 18.3 Å². The highest BCUT2D eigenvalue weighted by Gasteiger charge is 2.19. The lowest BCUT2D eigenvalue weighted by Crippen LogP contribution is -1.86. The normalized spacial score (nSPS) is 22.7. The Hall–Kier alpha value is -0.120. The van der Waals surface area contributed by atoms with Crippen molar-refractivity contribution in [1.29, 1.82) is 0 Å². The molecule has 1 nitrogen and oxygen atoms in total. The largest absolute Gasteiger partial charge is 0.260 e. The zero-order chi connectivity index (χ0) is 6.97. The highest BCUT2D eigenvalue weighted by molar-refractivity contribution is 14.1. The fourth-order valence-electron chi connectivity index (χ4n) is 1.36. The first kappa shape index (κ1) is 6.58. The van der Waals surface area contributed by atoms with Crippen LogP contribution in [0.5, 0.6) is 0 Å². The van der Waals surface area contributed by atoms with Crippen LogP contribution in [-0.4, -0.2) is 4.98 Å². The Morgan fingerprint density at radius 2 is 2.50 bits per heavy atom. The lowest BCUT2D eigenvalue weighted by molar-refractivity contribution is 0.904. The number of aromatic nitrogens is 1. The zero-order valence-electron chi connectivity index (χ0n) is 5.55. The van der Waals surface area contributed by atoms with Gasteiger partial charge in [0.15, 0.2) is 0 Å². The van der Waals surface area contributed by atoms with E-state index in [4.69, 9.17) is 0 Å². The van der Waals surface area contributed by atoms with E-state index in [2.05, 4.69) is 33.6 Å². The molecule has 0 saturated carbocycles. The number of hydrogen-bond acceptors (Lipinski definition) is 1. The van der Waals surface area contributed by atoms with Crippen molar-refractivity contribution in [2.24, 2.45) is 0 Å². The van der Waals surface area contributed by atoms with Crippen LogP contribution in [0.4, 0.5) is 0 Å². The molecule has 0 N–H and O–H groups in total. The first-order valence-corrected chi connectivity index (χ1v) is 4.70. The molecular weight excluding hydrogens is 237 g/mol. The van der Waals surface area contributed by atoms with E-state index in [0.29, 0.717) is 3.92 Å². The molecule has 1 aromatic heterocycles. The summed E-state index contributed by atoms with van der Waals surface area (Å²) in [5.41, 5.74) is 2.75. The van der Waals surface area contributed by atoms with E-state index in [0.717, 1.165) is 0 Å². The standard InChI is InChI=1S/C8H8IN/c9-7-4-3-6-2-1-5-10-8(6)7/h1-2,5,7H,3-4H2/t7-/m1/s1. The summed E-state index contributed by atoms with van der Waals surface area (Å²) in [6.07, 6.45) is 4.37. The summed E-state index contributed by atoms with van der Waals surface area (Å²) in [6, 6.07) is 4.20. The van der Waals surface area contributed by atoms with Crippen molar-refractivity contribution in [2.45, 2.75) is 16.8 Å². The van der Waals surface area contributed by atoms with Crippen LogP contribution in [0.1, 0.15) is 21.6 Å². The Kier molecular flexibility index (Phi) is 1.64. The third-order valence-corrected chi connectivity index (χ3v) is 3.10. The van der Waals surface area contributed by atoms with Gasteiger partial charge in [-0.25, -0.2) is 0 Å². The summed E-state index contributed by atoms with van der Waals surface area (Å²) < 4.78 is 0.661. The van der Waals surface area contributed by atoms with Gasteiger partial charge in [0.05, 0.1) is 9.62 Å². The molecule has 1 heterocycles. The van der Waals surface area contributed by atoms with Gasteiger partial charge in [-0.05, 0) is 24.5 Å². The third-order valence-electron chi connectivity index (χ3n) is 1.89. The fourth-order valence-corrected chi connectivity index (χ4v) is 2.24. The molecule has 0 unspecified atom stereocenters. The Labute approximate surface area is 74.0 Å². The van der Waals surface area contributed by atoms with E-state index < -0.39 is 0 Å². The van der Waals surface area contributed by atoms with E-state index in [1.165, 1.54) is 24.1 Å². The molecule has 52 valence electrons. The summed E-state index contributed by atoms with van der Waals surface area (Å²) in [5, 5.41) is 0. The molecule has 0 aromatic carbocycles. The second-order valence-electron chi connectivity index (χ2n) is 2.55. The number of aryl methyl sites for hydroxylation is 1. The quantitative estimate of drug-likeness (QED) is 0.505. The van der Waals surface area contributed by atoms with Gasteiger partial charge in [0.1, 0.15) is 0 Å². The van der Waals surface area contributed by atoms with E-state index >= 15 is 0 Å². The van der Waals surface area contributed by atoms with Gasteiger partial charge in [-0.2, -0.15) is 0 Å². The number of halogens is 1. The number of pyridine rings is 1. The van der Waals surface area contributed by atoms with Crippen LogP contribution >= 0.6 is 22.6 Å². The molecular formula is C8H8IN. The molecule has 2 heteroatoms. The molecule has 1 atom stereocenters. The van der Waals surface area contributed by atoms with E-state index in [9.17, 15) is 0 Å². The maximum absolute atomic E-state index is 4.33. The van der Waals surface area contributed by atoms with Crippen molar-refractivity contribution in [3.05, 3.63) is 29.6 Å².